The van der Waals surface area contributed by atoms with E-state index in [9.17, 15) is 14.4 Å². The van der Waals surface area contributed by atoms with E-state index in [0.717, 1.165) is 0 Å². The van der Waals surface area contributed by atoms with Crippen LogP contribution in [0.5, 0.6) is 5.75 Å². The zero-order valence-corrected chi connectivity index (χ0v) is 15.5. The number of benzene rings is 3. The first-order chi connectivity index (χ1) is 14.0. The van der Waals surface area contributed by atoms with Gasteiger partial charge in [-0.1, -0.05) is 18.2 Å². The van der Waals surface area contributed by atoms with Crippen LogP contribution in [0.2, 0.25) is 0 Å². The largest absolute Gasteiger partial charge is 0.497 e. The molecule has 0 spiro atoms. The minimum atomic E-state index is -1.09. The van der Waals surface area contributed by atoms with Crippen LogP contribution in [0.25, 0.3) is 0 Å². The summed E-state index contributed by atoms with van der Waals surface area (Å²) in [6.45, 7) is 0. The maximum absolute atomic E-state index is 12.7. The van der Waals surface area contributed by atoms with E-state index in [-0.39, 0.29) is 17.0 Å². The average Bonchev–Trinajstić information content (AvgIpc) is 2.74. The fourth-order valence-corrected chi connectivity index (χ4v) is 2.66. The normalized spacial score (nSPS) is 10.1. The Morgan fingerprint density at radius 1 is 0.793 bits per heavy atom. The Balaban J connectivity index is 1.79. The van der Waals surface area contributed by atoms with E-state index in [1.54, 1.807) is 54.6 Å². The lowest BCUT2D eigenvalue weighted by molar-refractivity contribution is 0.0696. The molecule has 0 saturated carbocycles. The number of methoxy groups -OCH3 is 1. The molecule has 7 nitrogen and oxygen atoms in total. The van der Waals surface area contributed by atoms with Gasteiger partial charge in [0, 0.05) is 11.3 Å². The summed E-state index contributed by atoms with van der Waals surface area (Å²) >= 11 is 0. The Morgan fingerprint density at radius 3 is 2.21 bits per heavy atom. The summed E-state index contributed by atoms with van der Waals surface area (Å²) in [6.07, 6.45) is 0. The fraction of sp³-hybridized carbons (Fsp3) is 0.0455. The molecule has 0 aromatic heterocycles. The van der Waals surface area contributed by atoms with Gasteiger partial charge < -0.3 is 20.5 Å². The Labute approximate surface area is 166 Å². The van der Waals surface area contributed by atoms with Crippen LogP contribution in [-0.2, 0) is 0 Å². The quantitative estimate of drug-likeness (QED) is 0.592. The number of hydrogen-bond donors (Lipinski definition) is 3. The Hall–Kier alpha value is -4.13. The monoisotopic (exact) mass is 390 g/mol. The van der Waals surface area contributed by atoms with Crippen molar-refractivity contribution in [2.24, 2.45) is 0 Å². The Kier molecular flexibility index (Phi) is 5.89. The number of para-hydroxylation sites is 1. The maximum atomic E-state index is 12.7. The highest BCUT2D eigenvalue weighted by molar-refractivity contribution is 6.12. The molecule has 3 aromatic rings. The van der Waals surface area contributed by atoms with Crippen LogP contribution in [0.1, 0.15) is 31.1 Å². The van der Waals surface area contributed by atoms with Crippen LogP contribution in [0.15, 0.2) is 72.8 Å². The number of carbonyl (C=O) groups excluding carboxylic acids is 2. The lowest BCUT2D eigenvalue weighted by atomic mass is 10.1. The van der Waals surface area contributed by atoms with Crippen molar-refractivity contribution in [2.75, 3.05) is 17.7 Å². The van der Waals surface area contributed by atoms with Gasteiger partial charge in [-0.25, -0.2) is 4.79 Å². The van der Waals surface area contributed by atoms with Crippen molar-refractivity contribution in [1.29, 1.82) is 0 Å². The molecule has 3 N–H and O–H groups in total. The molecule has 0 aliphatic heterocycles. The predicted molar refractivity (Wildman–Crippen MR) is 109 cm³/mol. The standard InChI is InChI=1S/C22H18N2O5/c1-29-17-11-9-14(10-12-17)20(25)24-19-8-3-2-7-18(19)21(26)23-16-6-4-5-15(13-16)22(27)28/h2-13H,1H3,(H,23,26)(H,24,25)(H,27,28). The van der Waals surface area contributed by atoms with Gasteiger partial charge in [0.1, 0.15) is 5.75 Å². The van der Waals surface area contributed by atoms with E-state index in [4.69, 9.17) is 9.84 Å². The zero-order chi connectivity index (χ0) is 20.8. The molecule has 0 bridgehead atoms. The first kappa shape index (κ1) is 19.6. The molecule has 29 heavy (non-hydrogen) atoms. The molecule has 0 atom stereocenters. The number of ether oxygens (including phenoxy) is 1. The summed E-state index contributed by atoms with van der Waals surface area (Å²) in [7, 11) is 1.54. The first-order valence-corrected chi connectivity index (χ1v) is 8.67. The van der Waals surface area contributed by atoms with E-state index in [1.165, 1.54) is 25.3 Å². The number of aromatic carboxylic acids is 1. The second kappa shape index (κ2) is 8.71. The SMILES string of the molecule is COc1ccc(C(=O)Nc2ccccc2C(=O)Nc2cccc(C(=O)O)c2)cc1. The number of rotatable bonds is 6. The molecule has 0 saturated heterocycles. The van der Waals surface area contributed by atoms with Crippen molar-refractivity contribution in [3.8, 4) is 5.75 Å². The molecule has 0 unspecified atom stereocenters. The van der Waals surface area contributed by atoms with Gasteiger partial charge in [0.25, 0.3) is 11.8 Å². The highest BCUT2D eigenvalue weighted by atomic mass is 16.5. The van der Waals surface area contributed by atoms with E-state index in [0.29, 0.717) is 22.7 Å². The summed E-state index contributed by atoms with van der Waals surface area (Å²) in [5.41, 5.74) is 1.39. The molecular formula is C22H18N2O5. The van der Waals surface area contributed by atoms with Gasteiger partial charge in [-0.2, -0.15) is 0 Å². The molecule has 3 aromatic carbocycles. The lowest BCUT2D eigenvalue weighted by Gasteiger charge is -2.12. The van der Waals surface area contributed by atoms with E-state index < -0.39 is 11.9 Å². The molecule has 0 aliphatic carbocycles. The lowest BCUT2D eigenvalue weighted by Crippen LogP contribution is -2.18. The number of carboxylic acid groups (broad SMARTS) is 1. The summed E-state index contributed by atoms with van der Waals surface area (Å²) in [6, 6.07) is 19.1. The van der Waals surface area contributed by atoms with Gasteiger partial charge in [0.05, 0.1) is 23.9 Å². The fourth-order valence-electron chi connectivity index (χ4n) is 2.66. The number of amides is 2. The van der Waals surface area contributed by atoms with Gasteiger partial charge in [0.2, 0.25) is 0 Å². The molecule has 2 amide bonds. The summed E-state index contributed by atoms with van der Waals surface area (Å²) in [5.74, 6) is -1.31. The number of anilines is 2. The molecule has 7 heteroatoms. The van der Waals surface area contributed by atoms with Gasteiger partial charge in [-0.05, 0) is 54.6 Å². The van der Waals surface area contributed by atoms with Crippen molar-refractivity contribution in [3.63, 3.8) is 0 Å². The molecule has 146 valence electrons. The van der Waals surface area contributed by atoms with Crippen molar-refractivity contribution in [2.45, 2.75) is 0 Å². The maximum Gasteiger partial charge on any atom is 0.335 e. The number of carboxylic acids is 1. The van der Waals surface area contributed by atoms with Crippen LogP contribution in [0.3, 0.4) is 0 Å². The number of carbonyl (C=O) groups is 3. The predicted octanol–water partition coefficient (Wildman–Crippen LogP) is 3.90. The van der Waals surface area contributed by atoms with Crippen LogP contribution in [-0.4, -0.2) is 30.0 Å². The summed E-state index contributed by atoms with van der Waals surface area (Å²) in [5, 5.41) is 14.5. The number of hydrogen-bond acceptors (Lipinski definition) is 4. The first-order valence-electron chi connectivity index (χ1n) is 8.67. The van der Waals surface area contributed by atoms with E-state index >= 15 is 0 Å². The molecule has 0 heterocycles. The second-order valence-electron chi connectivity index (χ2n) is 6.07. The van der Waals surface area contributed by atoms with Crippen LogP contribution >= 0.6 is 0 Å². The summed E-state index contributed by atoms with van der Waals surface area (Å²) < 4.78 is 5.08. The minimum Gasteiger partial charge on any atom is -0.497 e. The molecule has 0 radical (unpaired) electrons. The van der Waals surface area contributed by atoms with Crippen molar-refractivity contribution >= 4 is 29.2 Å². The van der Waals surface area contributed by atoms with Crippen molar-refractivity contribution in [1.82, 2.24) is 0 Å². The third kappa shape index (κ3) is 4.78. The molecule has 3 rings (SSSR count). The number of nitrogens with one attached hydrogen (secondary N) is 2. The molecule has 0 fully saturated rings. The second-order valence-corrected chi connectivity index (χ2v) is 6.07. The molecular weight excluding hydrogens is 372 g/mol. The Morgan fingerprint density at radius 2 is 1.52 bits per heavy atom. The van der Waals surface area contributed by atoms with Crippen LogP contribution < -0.4 is 15.4 Å². The van der Waals surface area contributed by atoms with Crippen molar-refractivity contribution in [3.05, 3.63) is 89.5 Å². The zero-order valence-electron chi connectivity index (χ0n) is 15.5. The third-order valence-electron chi connectivity index (χ3n) is 4.14. The van der Waals surface area contributed by atoms with Crippen molar-refractivity contribution < 1.29 is 24.2 Å². The van der Waals surface area contributed by atoms with Crippen LogP contribution in [0.4, 0.5) is 11.4 Å². The van der Waals surface area contributed by atoms with Gasteiger partial charge in [0.15, 0.2) is 0 Å². The highest BCUT2D eigenvalue weighted by Crippen LogP contribution is 2.20. The van der Waals surface area contributed by atoms with Gasteiger partial charge >= 0.3 is 5.97 Å². The minimum absolute atomic E-state index is 0.0592. The topological polar surface area (TPSA) is 105 Å². The van der Waals surface area contributed by atoms with Gasteiger partial charge in [-0.15, -0.1) is 0 Å². The smallest absolute Gasteiger partial charge is 0.335 e. The van der Waals surface area contributed by atoms with Gasteiger partial charge in [-0.3, -0.25) is 9.59 Å². The van der Waals surface area contributed by atoms with E-state index in [1.807, 2.05) is 0 Å². The summed E-state index contributed by atoms with van der Waals surface area (Å²) in [4.78, 5) is 36.3. The highest BCUT2D eigenvalue weighted by Gasteiger charge is 2.15. The average molecular weight is 390 g/mol. The Bertz CT molecular complexity index is 1060. The third-order valence-corrected chi connectivity index (χ3v) is 4.14. The van der Waals surface area contributed by atoms with Crippen LogP contribution in [0, 0.1) is 0 Å². The molecule has 0 aliphatic rings. The van der Waals surface area contributed by atoms with E-state index in [2.05, 4.69) is 10.6 Å².